The second-order valence-corrected chi connectivity index (χ2v) is 7.92. The summed E-state index contributed by atoms with van der Waals surface area (Å²) in [7, 11) is 0. The molecule has 0 N–H and O–H groups in total. The fourth-order valence-corrected chi connectivity index (χ4v) is 3.92. The van der Waals surface area contributed by atoms with Crippen LogP contribution in [0.25, 0.3) is 11.5 Å². The molecule has 0 aliphatic carbocycles. The molecule has 0 saturated carbocycles. The van der Waals surface area contributed by atoms with E-state index < -0.39 is 10.9 Å². The second-order valence-electron chi connectivity index (χ2n) is 7.07. The Bertz CT molecular complexity index is 1110. The predicted octanol–water partition coefficient (Wildman–Crippen LogP) is 4.75. The van der Waals surface area contributed by atoms with Crippen LogP contribution in [-0.4, -0.2) is 34.2 Å². The minimum Gasteiger partial charge on any atom is -0.452 e. The number of carbonyl (C=O) groups is 1. The third-order valence-electron chi connectivity index (χ3n) is 5.00. The monoisotopic (exact) mass is 486 g/mol. The molecule has 2 heterocycles. The van der Waals surface area contributed by atoms with Crippen molar-refractivity contribution in [3.05, 3.63) is 68.5 Å². The lowest BCUT2D eigenvalue weighted by atomic mass is 10.1. The third kappa shape index (κ3) is 4.74. The van der Waals surface area contributed by atoms with E-state index in [0.29, 0.717) is 11.6 Å². The van der Waals surface area contributed by atoms with Gasteiger partial charge in [-0.25, -0.2) is 4.79 Å². The normalized spacial score (nSPS) is 13.8. The van der Waals surface area contributed by atoms with Gasteiger partial charge in [-0.2, -0.15) is 0 Å². The molecule has 10 heteroatoms. The van der Waals surface area contributed by atoms with Crippen LogP contribution in [0.4, 0.5) is 11.4 Å². The maximum Gasteiger partial charge on any atom is 0.338 e. The van der Waals surface area contributed by atoms with Crippen LogP contribution in [0, 0.1) is 10.1 Å². The highest BCUT2D eigenvalue weighted by molar-refractivity contribution is 9.10. The van der Waals surface area contributed by atoms with Gasteiger partial charge in [-0.1, -0.05) is 12.1 Å². The van der Waals surface area contributed by atoms with E-state index in [-0.39, 0.29) is 23.7 Å². The van der Waals surface area contributed by atoms with Crippen LogP contribution in [0.1, 0.15) is 35.5 Å². The van der Waals surface area contributed by atoms with E-state index in [2.05, 4.69) is 26.1 Å². The van der Waals surface area contributed by atoms with Crippen molar-refractivity contribution in [2.45, 2.75) is 25.9 Å². The summed E-state index contributed by atoms with van der Waals surface area (Å²) in [4.78, 5) is 25.5. The number of hydrogen-bond donors (Lipinski definition) is 0. The topological polar surface area (TPSA) is 112 Å². The van der Waals surface area contributed by atoms with Gasteiger partial charge >= 0.3 is 5.97 Å². The molecule has 1 aliphatic rings. The molecule has 31 heavy (non-hydrogen) atoms. The molecule has 0 radical (unpaired) electrons. The highest BCUT2D eigenvalue weighted by Crippen LogP contribution is 2.32. The average molecular weight is 487 g/mol. The van der Waals surface area contributed by atoms with Gasteiger partial charge in [-0.3, -0.25) is 10.1 Å². The number of ether oxygens (including phenoxy) is 1. The number of nitro groups is 1. The number of aromatic nitrogens is 2. The highest BCUT2D eigenvalue weighted by atomic mass is 79.9. The first-order valence-corrected chi connectivity index (χ1v) is 10.6. The maximum atomic E-state index is 12.5. The Morgan fingerprint density at radius 3 is 2.68 bits per heavy atom. The lowest BCUT2D eigenvalue weighted by Gasteiger charge is -2.28. The number of benzene rings is 2. The summed E-state index contributed by atoms with van der Waals surface area (Å²) in [6.45, 7) is 1.29. The Morgan fingerprint density at radius 1 is 1.16 bits per heavy atom. The number of nitro benzene ring substituents is 1. The number of halogens is 1. The molecule has 0 bridgehead atoms. The molecule has 0 atom stereocenters. The molecule has 160 valence electrons. The number of rotatable bonds is 6. The van der Waals surface area contributed by atoms with E-state index in [4.69, 9.17) is 9.15 Å². The van der Waals surface area contributed by atoms with Crippen molar-refractivity contribution in [1.29, 1.82) is 0 Å². The quantitative estimate of drug-likeness (QED) is 0.278. The minimum absolute atomic E-state index is 0.0954. The summed E-state index contributed by atoms with van der Waals surface area (Å²) < 4.78 is 11.6. The van der Waals surface area contributed by atoms with Crippen LogP contribution in [0.5, 0.6) is 0 Å². The fraction of sp³-hybridized carbons (Fsp3) is 0.286. The first-order chi connectivity index (χ1) is 15.0. The van der Waals surface area contributed by atoms with Gasteiger partial charge in [-0.15, -0.1) is 10.2 Å². The third-order valence-corrected chi connectivity index (χ3v) is 5.69. The number of anilines is 1. The molecule has 0 spiro atoms. The number of nitrogens with zero attached hydrogens (tertiary/aromatic N) is 4. The molecule has 2 aromatic carbocycles. The Balaban J connectivity index is 1.46. The Labute approximate surface area is 186 Å². The summed E-state index contributed by atoms with van der Waals surface area (Å²) >= 11 is 3.42. The highest BCUT2D eigenvalue weighted by Gasteiger charge is 2.24. The van der Waals surface area contributed by atoms with E-state index >= 15 is 0 Å². The van der Waals surface area contributed by atoms with Crippen LogP contribution >= 0.6 is 15.9 Å². The van der Waals surface area contributed by atoms with Gasteiger partial charge in [0.05, 0.1) is 16.1 Å². The number of piperidine rings is 1. The SMILES string of the molecule is O=C(OCc1nnc(-c2ccccc2Br)o1)c1ccc(N2CCCCC2)c([N+](=O)[O-])c1. The van der Waals surface area contributed by atoms with Crippen LogP contribution in [0.2, 0.25) is 0 Å². The van der Waals surface area contributed by atoms with Crippen molar-refractivity contribution in [2.24, 2.45) is 0 Å². The van der Waals surface area contributed by atoms with Crippen LogP contribution < -0.4 is 4.90 Å². The van der Waals surface area contributed by atoms with Gasteiger partial charge in [0, 0.05) is 23.6 Å². The maximum absolute atomic E-state index is 12.5. The molecule has 1 saturated heterocycles. The van der Waals surface area contributed by atoms with Gasteiger partial charge < -0.3 is 14.1 Å². The number of hydrogen-bond acceptors (Lipinski definition) is 8. The molecule has 1 aromatic heterocycles. The minimum atomic E-state index is -0.700. The molecule has 0 unspecified atom stereocenters. The summed E-state index contributed by atoms with van der Waals surface area (Å²) in [5.41, 5.74) is 1.23. The number of carbonyl (C=O) groups excluding carboxylic acids is 1. The van der Waals surface area contributed by atoms with E-state index in [1.807, 2.05) is 29.2 Å². The van der Waals surface area contributed by atoms with E-state index in [9.17, 15) is 14.9 Å². The van der Waals surface area contributed by atoms with Crippen molar-refractivity contribution in [2.75, 3.05) is 18.0 Å². The fourth-order valence-electron chi connectivity index (χ4n) is 3.46. The van der Waals surface area contributed by atoms with Crippen molar-refractivity contribution in [3.63, 3.8) is 0 Å². The van der Waals surface area contributed by atoms with Crippen LogP contribution in [-0.2, 0) is 11.3 Å². The Morgan fingerprint density at radius 2 is 1.94 bits per heavy atom. The molecule has 0 amide bonds. The van der Waals surface area contributed by atoms with E-state index in [0.717, 1.165) is 42.4 Å². The second kappa shape index (κ2) is 9.25. The lowest BCUT2D eigenvalue weighted by molar-refractivity contribution is -0.384. The zero-order chi connectivity index (χ0) is 21.8. The summed E-state index contributed by atoms with van der Waals surface area (Å²) in [5.74, 6) is -0.285. The van der Waals surface area contributed by atoms with Crippen LogP contribution in [0.15, 0.2) is 51.4 Å². The molecule has 1 aliphatic heterocycles. The average Bonchev–Trinajstić information content (AvgIpc) is 3.26. The van der Waals surface area contributed by atoms with Crippen LogP contribution in [0.3, 0.4) is 0 Å². The smallest absolute Gasteiger partial charge is 0.338 e. The largest absolute Gasteiger partial charge is 0.452 e. The summed E-state index contributed by atoms with van der Waals surface area (Å²) in [6.07, 6.45) is 3.10. The zero-order valence-electron chi connectivity index (χ0n) is 16.5. The molecular weight excluding hydrogens is 468 g/mol. The van der Waals surface area contributed by atoms with Crippen molar-refractivity contribution >= 4 is 33.3 Å². The molecule has 4 rings (SSSR count). The first kappa shape index (κ1) is 21.0. The van der Waals surface area contributed by atoms with Crippen molar-refractivity contribution in [1.82, 2.24) is 10.2 Å². The predicted molar refractivity (Wildman–Crippen MR) is 116 cm³/mol. The van der Waals surface area contributed by atoms with Crippen molar-refractivity contribution < 1.29 is 18.9 Å². The lowest BCUT2D eigenvalue weighted by Crippen LogP contribution is -2.30. The van der Waals surface area contributed by atoms with Gasteiger partial charge in [0.1, 0.15) is 5.69 Å². The van der Waals surface area contributed by atoms with Gasteiger partial charge in [0.25, 0.3) is 11.6 Å². The van der Waals surface area contributed by atoms with E-state index in [1.165, 1.54) is 6.07 Å². The summed E-state index contributed by atoms with van der Waals surface area (Å²) in [6, 6.07) is 11.8. The molecular formula is C21H19BrN4O5. The van der Waals surface area contributed by atoms with E-state index in [1.54, 1.807) is 12.1 Å². The standard InChI is InChI=1S/C21H19BrN4O5/c22-16-7-3-2-6-15(16)20-24-23-19(31-20)13-30-21(27)14-8-9-17(18(12-14)26(28)29)25-10-4-1-5-11-25/h2-3,6-9,12H,1,4-5,10-11,13H2. The van der Waals surface area contributed by atoms with Gasteiger partial charge in [-0.05, 0) is 59.5 Å². The number of esters is 1. The molecule has 9 nitrogen and oxygen atoms in total. The Hall–Kier alpha value is -3.27. The van der Waals surface area contributed by atoms with Gasteiger partial charge in [0.2, 0.25) is 5.89 Å². The first-order valence-electron chi connectivity index (χ1n) is 9.81. The Kier molecular flexibility index (Phi) is 6.26. The molecule has 3 aromatic rings. The molecule has 1 fully saturated rings. The van der Waals surface area contributed by atoms with Crippen molar-refractivity contribution in [3.8, 4) is 11.5 Å². The zero-order valence-corrected chi connectivity index (χ0v) is 18.1. The summed E-state index contributed by atoms with van der Waals surface area (Å²) in [5, 5.41) is 19.4. The van der Waals surface area contributed by atoms with Gasteiger partial charge in [0.15, 0.2) is 6.61 Å².